The predicted octanol–water partition coefficient (Wildman–Crippen LogP) is 4.27. The molecule has 2 N–H and O–H groups in total. The number of amides is 2. The predicted molar refractivity (Wildman–Crippen MR) is 89.2 cm³/mol. The van der Waals surface area contributed by atoms with Gasteiger partial charge in [-0.1, -0.05) is 22.0 Å². The minimum absolute atomic E-state index is 0.306. The number of nitrogens with one attached hydrogen (secondary N) is 2. The van der Waals surface area contributed by atoms with Gasteiger partial charge in [0.25, 0.3) is 0 Å². The first-order valence-corrected chi connectivity index (χ1v) is 7.48. The SMILES string of the molecule is CCOC(=O)c1cccc(NC(=O)Nc2ccc(Br)cc2)c1. The van der Waals surface area contributed by atoms with E-state index in [1.807, 2.05) is 12.1 Å². The Balaban J connectivity index is 2.00. The van der Waals surface area contributed by atoms with E-state index in [2.05, 4.69) is 26.6 Å². The van der Waals surface area contributed by atoms with E-state index in [0.29, 0.717) is 23.5 Å². The Morgan fingerprint density at radius 2 is 1.73 bits per heavy atom. The first-order chi connectivity index (χ1) is 10.6. The van der Waals surface area contributed by atoms with Crippen molar-refractivity contribution in [3.05, 3.63) is 58.6 Å². The van der Waals surface area contributed by atoms with Crippen LogP contribution in [0.15, 0.2) is 53.0 Å². The molecule has 0 fully saturated rings. The zero-order valence-electron chi connectivity index (χ0n) is 11.9. The minimum Gasteiger partial charge on any atom is -0.462 e. The van der Waals surface area contributed by atoms with Gasteiger partial charge in [0.2, 0.25) is 0 Å². The van der Waals surface area contributed by atoms with Gasteiger partial charge in [-0.3, -0.25) is 0 Å². The van der Waals surface area contributed by atoms with Gasteiger partial charge in [0.1, 0.15) is 0 Å². The molecule has 2 amide bonds. The molecule has 0 bridgehead atoms. The summed E-state index contributed by atoms with van der Waals surface area (Å²) in [6.07, 6.45) is 0. The first-order valence-electron chi connectivity index (χ1n) is 6.69. The van der Waals surface area contributed by atoms with Crippen molar-refractivity contribution >= 4 is 39.3 Å². The lowest BCUT2D eigenvalue weighted by atomic mass is 10.2. The number of hydrogen-bond acceptors (Lipinski definition) is 3. The topological polar surface area (TPSA) is 67.4 Å². The minimum atomic E-state index is -0.417. The van der Waals surface area contributed by atoms with Crippen LogP contribution in [0.25, 0.3) is 0 Å². The van der Waals surface area contributed by atoms with Crippen LogP contribution in [-0.2, 0) is 4.74 Å². The van der Waals surface area contributed by atoms with Crippen LogP contribution in [-0.4, -0.2) is 18.6 Å². The first kappa shape index (κ1) is 16.0. The molecule has 0 aliphatic carbocycles. The Hall–Kier alpha value is -2.34. The summed E-state index contributed by atoms with van der Waals surface area (Å²) in [5.41, 5.74) is 1.57. The van der Waals surface area contributed by atoms with Crippen LogP contribution >= 0.6 is 15.9 Å². The fourth-order valence-electron chi connectivity index (χ4n) is 1.77. The number of esters is 1. The van der Waals surface area contributed by atoms with Crippen molar-refractivity contribution in [1.82, 2.24) is 0 Å². The van der Waals surface area contributed by atoms with Gasteiger partial charge >= 0.3 is 12.0 Å². The summed E-state index contributed by atoms with van der Waals surface area (Å²) in [5, 5.41) is 5.38. The van der Waals surface area contributed by atoms with E-state index in [-0.39, 0.29) is 6.03 Å². The Labute approximate surface area is 136 Å². The van der Waals surface area contributed by atoms with Gasteiger partial charge in [-0.2, -0.15) is 0 Å². The third kappa shape index (κ3) is 4.60. The summed E-state index contributed by atoms with van der Waals surface area (Å²) in [6.45, 7) is 2.05. The van der Waals surface area contributed by atoms with Crippen LogP contribution in [0.5, 0.6) is 0 Å². The molecule has 0 aliphatic rings. The fourth-order valence-corrected chi connectivity index (χ4v) is 2.03. The highest BCUT2D eigenvalue weighted by Gasteiger charge is 2.08. The lowest BCUT2D eigenvalue weighted by Gasteiger charge is -2.09. The molecule has 22 heavy (non-hydrogen) atoms. The van der Waals surface area contributed by atoms with Gasteiger partial charge in [0, 0.05) is 15.8 Å². The molecule has 5 nitrogen and oxygen atoms in total. The van der Waals surface area contributed by atoms with Gasteiger partial charge in [-0.25, -0.2) is 9.59 Å². The van der Waals surface area contributed by atoms with Crippen molar-refractivity contribution in [3.63, 3.8) is 0 Å². The average molecular weight is 363 g/mol. The molecule has 0 saturated heterocycles. The Morgan fingerprint density at radius 3 is 2.41 bits per heavy atom. The van der Waals surface area contributed by atoms with E-state index in [1.54, 1.807) is 43.3 Å². The van der Waals surface area contributed by atoms with E-state index in [9.17, 15) is 9.59 Å². The monoisotopic (exact) mass is 362 g/mol. The van der Waals surface area contributed by atoms with Crippen molar-refractivity contribution in [2.45, 2.75) is 6.92 Å². The van der Waals surface area contributed by atoms with E-state index < -0.39 is 5.97 Å². The zero-order chi connectivity index (χ0) is 15.9. The second kappa shape index (κ2) is 7.61. The fraction of sp³-hybridized carbons (Fsp3) is 0.125. The van der Waals surface area contributed by atoms with Gasteiger partial charge in [-0.15, -0.1) is 0 Å². The summed E-state index contributed by atoms with van der Waals surface area (Å²) in [5.74, 6) is -0.417. The van der Waals surface area contributed by atoms with Gasteiger partial charge < -0.3 is 15.4 Å². The number of urea groups is 1. The molecule has 6 heteroatoms. The number of ether oxygens (including phenoxy) is 1. The van der Waals surface area contributed by atoms with Gasteiger partial charge in [0.15, 0.2) is 0 Å². The van der Waals surface area contributed by atoms with E-state index in [4.69, 9.17) is 4.74 Å². The zero-order valence-corrected chi connectivity index (χ0v) is 13.5. The van der Waals surface area contributed by atoms with Crippen LogP contribution in [0.2, 0.25) is 0 Å². The van der Waals surface area contributed by atoms with Crippen LogP contribution in [0.1, 0.15) is 17.3 Å². The Bertz CT molecular complexity index is 671. The number of halogens is 1. The lowest BCUT2D eigenvalue weighted by Crippen LogP contribution is -2.19. The highest BCUT2D eigenvalue weighted by molar-refractivity contribution is 9.10. The van der Waals surface area contributed by atoms with Crippen molar-refractivity contribution < 1.29 is 14.3 Å². The Kier molecular flexibility index (Phi) is 5.55. The summed E-state index contributed by atoms with van der Waals surface area (Å²) >= 11 is 3.33. The molecular weight excluding hydrogens is 348 g/mol. The number of anilines is 2. The molecule has 2 rings (SSSR count). The molecule has 0 heterocycles. The number of rotatable bonds is 4. The molecule has 0 aliphatic heterocycles. The molecule has 0 aromatic heterocycles. The summed E-state index contributed by atoms with van der Waals surface area (Å²) in [4.78, 5) is 23.6. The smallest absolute Gasteiger partial charge is 0.338 e. The molecule has 2 aromatic carbocycles. The molecule has 0 radical (unpaired) electrons. The van der Waals surface area contributed by atoms with Crippen LogP contribution in [0.4, 0.5) is 16.2 Å². The quantitative estimate of drug-likeness (QED) is 0.798. The largest absolute Gasteiger partial charge is 0.462 e. The maximum Gasteiger partial charge on any atom is 0.338 e. The maximum absolute atomic E-state index is 11.9. The highest BCUT2D eigenvalue weighted by Crippen LogP contribution is 2.15. The van der Waals surface area contributed by atoms with E-state index in [0.717, 1.165) is 4.47 Å². The van der Waals surface area contributed by atoms with Crippen LogP contribution in [0.3, 0.4) is 0 Å². The normalized spacial score (nSPS) is 9.91. The second-order valence-corrected chi connectivity index (χ2v) is 5.30. The number of carbonyl (C=O) groups is 2. The van der Waals surface area contributed by atoms with Gasteiger partial charge in [0.05, 0.1) is 12.2 Å². The molecule has 114 valence electrons. The van der Waals surface area contributed by atoms with Crippen molar-refractivity contribution in [1.29, 1.82) is 0 Å². The summed E-state index contributed by atoms with van der Waals surface area (Å²) in [6, 6.07) is 13.4. The summed E-state index contributed by atoms with van der Waals surface area (Å²) < 4.78 is 5.85. The van der Waals surface area contributed by atoms with Crippen LogP contribution in [0, 0.1) is 0 Å². The van der Waals surface area contributed by atoms with E-state index >= 15 is 0 Å². The molecule has 0 atom stereocenters. The second-order valence-electron chi connectivity index (χ2n) is 4.39. The number of carbonyl (C=O) groups excluding carboxylic acids is 2. The number of benzene rings is 2. The van der Waals surface area contributed by atoms with Crippen molar-refractivity contribution in [2.24, 2.45) is 0 Å². The molecule has 2 aromatic rings. The van der Waals surface area contributed by atoms with Crippen molar-refractivity contribution in [2.75, 3.05) is 17.2 Å². The highest BCUT2D eigenvalue weighted by atomic mass is 79.9. The summed E-state index contributed by atoms with van der Waals surface area (Å²) in [7, 11) is 0. The van der Waals surface area contributed by atoms with E-state index in [1.165, 1.54) is 0 Å². The molecule has 0 unspecified atom stereocenters. The molecular formula is C16H15BrN2O3. The molecule has 0 spiro atoms. The van der Waals surface area contributed by atoms with Gasteiger partial charge in [-0.05, 0) is 49.4 Å². The third-order valence-electron chi connectivity index (χ3n) is 2.73. The van der Waals surface area contributed by atoms with Crippen molar-refractivity contribution in [3.8, 4) is 0 Å². The Morgan fingerprint density at radius 1 is 1.05 bits per heavy atom. The van der Waals surface area contributed by atoms with Crippen LogP contribution < -0.4 is 10.6 Å². The lowest BCUT2D eigenvalue weighted by molar-refractivity contribution is 0.0526. The standard InChI is InChI=1S/C16H15BrN2O3/c1-2-22-15(20)11-4-3-5-14(10-11)19-16(21)18-13-8-6-12(17)7-9-13/h3-10H,2H2,1H3,(H2,18,19,21). The average Bonchev–Trinajstić information content (AvgIpc) is 2.50. The maximum atomic E-state index is 11.9. The third-order valence-corrected chi connectivity index (χ3v) is 3.26. The molecule has 0 saturated carbocycles. The number of hydrogen-bond donors (Lipinski definition) is 2.